The summed E-state index contributed by atoms with van der Waals surface area (Å²) in [5, 5.41) is 6.44. The van der Waals surface area contributed by atoms with Gasteiger partial charge in [-0.3, -0.25) is 0 Å². The van der Waals surface area contributed by atoms with Crippen LogP contribution in [0, 0.1) is 6.92 Å². The van der Waals surface area contributed by atoms with Gasteiger partial charge in [0.15, 0.2) is 0 Å². The van der Waals surface area contributed by atoms with Crippen LogP contribution in [0.3, 0.4) is 0 Å². The van der Waals surface area contributed by atoms with Crippen molar-refractivity contribution in [1.82, 2.24) is 14.5 Å². The first kappa shape index (κ1) is 14.0. The second-order valence-corrected chi connectivity index (χ2v) is 5.22. The lowest BCUT2D eigenvalue weighted by molar-refractivity contribution is 0.147. The molecule has 0 unspecified atom stereocenters. The lowest BCUT2D eigenvalue weighted by Gasteiger charge is -2.08. The van der Waals surface area contributed by atoms with Gasteiger partial charge in [0, 0.05) is 37.5 Å². The zero-order chi connectivity index (χ0) is 13.5. The monoisotopic (exact) mass is 280 g/mol. The van der Waals surface area contributed by atoms with Gasteiger partial charge in [-0.2, -0.15) is 0 Å². The summed E-state index contributed by atoms with van der Waals surface area (Å²) in [5.41, 5.74) is 1.02. The lowest BCUT2D eigenvalue weighted by atomic mass is 10.4. The molecule has 2 rings (SSSR count). The molecule has 5 nitrogen and oxygen atoms in total. The Labute approximate surface area is 117 Å². The standard InChI is InChI=1S/C13H20N4OS/c1-3-18-7-4-5-15-13-16-11(2)9-17(13)10-12-14-6-8-19-12/h6,8-9H,3-5,7,10H2,1-2H3,(H,15,16). The summed E-state index contributed by atoms with van der Waals surface area (Å²) >= 11 is 1.66. The van der Waals surface area contributed by atoms with Gasteiger partial charge in [-0.25, -0.2) is 9.97 Å². The molecule has 2 aromatic heterocycles. The maximum Gasteiger partial charge on any atom is 0.203 e. The van der Waals surface area contributed by atoms with E-state index >= 15 is 0 Å². The van der Waals surface area contributed by atoms with Gasteiger partial charge in [0.2, 0.25) is 5.95 Å². The van der Waals surface area contributed by atoms with Crippen LogP contribution in [-0.4, -0.2) is 34.3 Å². The van der Waals surface area contributed by atoms with Crippen LogP contribution in [0.5, 0.6) is 0 Å². The molecule has 0 radical (unpaired) electrons. The first-order valence-corrected chi connectivity index (χ1v) is 7.41. The highest BCUT2D eigenvalue weighted by atomic mass is 32.1. The molecule has 2 heterocycles. The molecule has 6 heteroatoms. The summed E-state index contributed by atoms with van der Waals surface area (Å²) in [7, 11) is 0. The number of aromatic nitrogens is 3. The maximum absolute atomic E-state index is 5.32. The highest BCUT2D eigenvalue weighted by Gasteiger charge is 2.06. The van der Waals surface area contributed by atoms with Crippen molar-refractivity contribution < 1.29 is 4.74 Å². The maximum atomic E-state index is 5.32. The molecule has 0 aromatic carbocycles. The number of imidazole rings is 1. The van der Waals surface area contributed by atoms with Crippen molar-refractivity contribution in [2.45, 2.75) is 26.8 Å². The molecule has 0 bridgehead atoms. The molecule has 19 heavy (non-hydrogen) atoms. The average Bonchev–Trinajstić information content (AvgIpc) is 3.00. The Morgan fingerprint density at radius 3 is 3.11 bits per heavy atom. The Morgan fingerprint density at radius 1 is 1.47 bits per heavy atom. The molecule has 104 valence electrons. The van der Waals surface area contributed by atoms with E-state index in [0.29, 0.717) is 0 Å². The van der Waals surface area contributed by atoms with Gasteiger partial charge in [-0.05, 0) is 20.3 Å². The number of ether oxygens (including phenoxy) is 1. The van der Waals surface area contributed by atoms with Gasteiger partial charge in [-0.1, -0.05) is 0 Å². The second kappa shape index (κ2) is 7.25. The van der Waals surface area contributed by atoms with Crippen LogP contribution in [0.2, 0.25) is 0 Å². The topological polar surface area (TPSA) is 52.0 Å². The summed E-state index contributed by atoms with van der Waals surface area (Å²) < 4.78 is 7.42. The molecule has 1 N–H and O–H groups in total. The largest absolute Gasteiger partial charge is 0.382 e. The van der Waals surface area contributed by atoms with Crippen LogP contribution in [0.15, 0.2) is 17.8 Å². The van der Waals surface area contributed by atoms with Crippen molar-refractivity contribution in [2.24, 2.45) is 0 Å². The van der Waals surface area contributed by atoms with Crippen molar-refractivity contribution in [3.05, 3.63) is 28.5 Å². The third-order valence-corrected chi connectivity index (χ3v) is 3.40. The fraction of sp³-hybridized carbons (Fsp3) is 0.538. The summed E-state index contributed by atoms with van der Waals surface area (Å²) in [5.74, 6) is 0.907. The average molecular weight is 280 g/mol. The molecule has 0 aliphatic carbocycles. The van der Waals surface area contributed by atoms with Gasteiger partial charge < -0.3 is 14.6 Å². The van der Waals surface area contributed by atoms with E-state index in [2.05, 4.69) is 19.9 Å². The minimum Gasteiger partial charge on any atom is -0.382 e. The van der Waals surface area contributed by atoms with E-state index in [1.165, 1.54) is 0 Å². The van der Waals surface area contributed by atoms with E-state index in [0.717, 1.165) is 49.4 Å². The molecular weight excluding hydrogens is 260 g/mol. The van der Waals surface area contributed by atoms with E-state index in [4.69, 9.17) is 4.74 Å². The van der Waals surface area contributed by atoms with Crippen LogP contribution in [-0.2, 0) is 11.3 Å². The Hall–Kier alpha value is -1.40. The van der Waals surface area contributed by atoms with Gasteiger partial charge in [0.05, 0.1) is 12.2 Å². The normalized spacial score (nSPS) is 10.8. The number of thiazole rings is 1. The van der Waals surface area contributed by atoms with Crippen molar-refractivity contribution in [3.63, 3.8) is 0 Å². The number of anilines is 1. The number of aryl methyl sites for hydroxylation is 1. The third kappa shape index (κ3) is 4.33. The predicted molar refractivity (Wildman–Crippen MR) is 77.8 cm³/mol. The molecule has 2 aromatic rings. The van der Waals surface area contributed by atoms with Crippen molar-refractivity contribution in [2.75, 3.05) is 25.1 Å². The highest BCUT2D eigenvalue weighted by molar-refractivity contribution is 7.09. The Morgan fingerprint density at radius 2 is 2.37 bits per heavy atom. The third-order valence-electron chi connectivity index (χ3n) is 2.64. The number of rotatable bonds is 8. The minimum absolute atomic E-state index is 0.770. The number of hydrogen-bond acceptors (Lipinski definition) is 5. The van der Waals surface area contributed by atoms with Crippen molar-refractivity contribution >= 4 is 17.3 Å². The van der Waals surface area contributed by atoms with Crippen LogP contribution >= 0.6 is 11.3 Å². The summed E-state index contributed by atoms with van der Waals surface area (Å²) in [6.45, 7) is 7.22. The number of nitrogens with zero attached hydrogens (tertiary/aromatic N) is 3. The molecule has 0 atom stereocenters. The molecule has 0 aliphatic rings. The first-order valence-electron chi connectivity index (χ1n) is 6.53. The molecule has 0 spiro atoms. The fourth-order valence-electron chi connectivity index (χ4n) is 1.80. The Balaban J connectivity index is 1.89. The summed E-state index contributed by atoms with van der Waals surface area (Å²) in [6, 6.07) is 0. The molecular formula is C13H20N4OS. The zero-order valence-corrected chi connectivity index (χ0v) is 12.2. The number of hydrogen-bond donors (Lipinski definition) is 1. The van der Waals surface area contributed by atoms with Crippen LogP contribution in [0.4, 0.5) is 5.95 Å². The first-order chi connectivity index (χ1) is 9.29. The summed E-state index contributed by atoms with van der Waals surface area (Å²) in [4.78, 5) is 8.80. The van der Waals surface area contributed by atoms with Gasteiger partial charge in [0.25, 0.3) is 0 Å². The number of nitrogens with one attached hydrogen (secondary N) is 1. The Kier molecular flexibility index (Phi) is 5.35. The highest BCUT2D eigenvalue weighted by Crippen LogP contribution is 2.13. The van der Waals surface area contributed by atoms with E-state index in [-0.39, 0.29) is 0 Å². The van der Waals surface area contributed by atoms with Crippen molar-refractivity contribution in [3.8, 4) is 0 Å². The van der Waals surface area contributed by atoms with Crippen LogP contribution in [0.1, 0.15) is 24.0 Å². The molecule has 0 aliphatic heterocycles. The molecule has 0 amide bonds. The van der Waals surface area contributed by atoms with Gasteiger partial charge in [0.1, 0.15) is 5.01 Å². The zero-order valence-electron chi connectivity index (χ0n) is 11.4. The minimum atomic E-state index is 0.770. The summed E-state index contributed by atoms with van der Waals surface area (Å²) in [6.07, 6.45) is 4.86. The Bertz CT molecular complexity index is 481. The smallest absolute Gasteiger partial charge is 0.203 e. The van der Waals surface area contributed by atoms with E-state index in [1.54, 1.807) is 11.3 Å². The predicted octanol–water partition coefficient (Wildman–Crippen LogP) is 2.53. The molecule has 0 fully saturated rings. The molecule has 0 saturated heterocycles. The van der Waals surface area contributed by atoms with Gasteiger partial charge in [-0.15, -0.1) is 11.3 Å². The van der Waals surface area contributed by atoms with Crippen molar-refractivity contribution in [1.29, 1.82) is 0 Å². The van der Waals surface area contributed by atoms with E-state index in [1.807, 2.05) is 31.6 Å². The fourth-order valence-corrected chi connectivity index (χ4v) is 2.42. The van der Waals surface area contributed by atoms with Crippen LogP contribution < -0.4 is 5.32 Å². The molecule has 0 saturated carbocycles. The SMILES string of the molecule is CCOCCCNc1nc(C)cn1Cc1nccs1. The van der Waals surface area contributed by atoms with E-state index < -0.39 is 0 Å². The second-order valence-electron chi connectivity index (χ2n) is 4.24. The van der Waals surface area contributed by atoms with Crippen LogP contribution in [0.25, 0.3) is 0 Å². The van der Waals surface area contributed by atoms with Gasteiger partial charge >= 0.3 is 0 Å². The lowest BCUT2D eigenvalue weighted by Crippen LogP contribution is -2.11. The van der Waals surface area contributed by atoms with E-state index in [9.17, 15) is 0 Å². The quantitative estimate of drug-likeness (QED) is 0.755.